The molecular formula is C55H38N2S. The van der Waals surface area contributed by atoms with Crippen LogP contribution in [0.2, 0.25) is 0 Å². The smallest absolute Gasteiger partial charge is 0.0727 e. The van der Waals surface area contributed by atoms with E-state index in [2.05, 4.69) is 228 Å². The van der Waals surface area contributed by atoms with E-state index in [9.17, 15) is 0 Å². The predicted octanol–water partition coefficient (Wildman–Crippen LogP) is 14.7. The van der Waals surface area contributed by atoms with Gasteiger partial charge in [-0.25, -0.2) is 0 Å². The minimum absolute atomic E-state index is 0.312. The maximum atomic E-state index is 2.55. The summed E-state index contributed by atoms with van der Waals surface area (Å²) in [6, 6.07) is 71.9. The van der Waals surface area contributed by atoms with E-state index in [-0.39, 0.29) is 0 Å². The average molecular weight is 759 g/mol. The monoisotopic (exact) mass is 758 g/mol. The molecule has 0 aromatic heterocycles. The molecule has 274 valence electrons. The number of nitrogens with zero attached hydrogens (tertiary/aromatic N) is 2. The number of rotatable bonds is 6. The Morgan fingerprint density at radius 1 is 0.397 bits per heavy atom. The van der Waals surface area contributed by atoms with Crippen molar-refractivity contribution < 1.29 is 0 Å². The number of allylic oxidation sites excluding steroid dienone is 3. The Morgan fingerprint density at radius 3 is 1.67 bits per heavy atom. The molecule has 2 nitrogen and oxygen atoms in total. The highest BCUT2D eigenvalue weighted by molar-refractivity contribution is 8.00. The van der Waals surface area contributed by atoms with E-state index in [4.69, 9.17) is 0 Å². The van der Waals surface area contributed by atoms with Crippen molar-refractivity contribution in [3.8, 4) is 22.3 Å². The topological polar surface area (TPSA) is 6.48 Å². The quantitative estimate of drug-likeness (QED) is 0.167. The summed E-state index contributed by atoms with van der Waals surface area (Å²) >= 11 is 1.99. The van der Waals surface area contributed by atoms with Gasteiger partial charge < -0.3 is 9.80 Å². The Kier molecular flexibility index (Phi) is 7.55. The van der Waals surface area contributed by atoms with E-state index >= 15 is 0 Å². The Labute approximate surface area is 344 Å². The molecule has 0 N–H and O–H groups in total. The zero-order valence-corrected chi connectivity index (χ0v) is 32.6. The molecule has 3 aliphatic carbocycles. The first-order valence-electron chi connectivity index (χ1n) is 20.2. The van der Waals surface area contributed by atoms with Crippen LogP contribution in [0.15, 0.2) is 223 Å². The first-order valence-corrected chi connectivity index (χ1v) is 21.1. The van der Waals surface area contributed by atoms with E-state index in [0.29, 0.717) is 11.2 Å². The molecule has 0 bridgehead atoms. The molecule has 3 heteroatoms. The third-order valence-electron chi connectivity index (χ3n) is 12.6. The highest BCUT2D eigenvalue weighted by Crippen LogP contribution is 2.65. The Bertz CT molecular complexity index is 2910. The van der Waals surface area contributed by atoms with Crippen LogP contribution in [-0.4, -0.2) is 5.25 Å². The van der Waals surface area contributed by atoms with Crippen molar-refractivity contribution in [3.63, 3.8) is 0 Å². The fourth-order valence-electron chi connectivity index (χ4n) is 10.3. The Morgan fingerprint density at radius 2 is 0.948 bits per heavy atom. The highest BCUT2D eigenvalue weighted by atomic mass is 32.2. The number of thioether (sulfide) groups is 1. The van der Waals surface area contributed by atoms with Crippen LogP contribution in [0.5, 0.6) is 0 Å². The van der Waals surface area contributed by atoms with Crippen LogP contribution in [0.25, 0.3) is 22.3 Å². The second-order valence-corrected chi connectivity index (χ2v) is 16.7. The van der Waals surface area contributed by atoms with E-state index in [1.54, 1.807) is 0 Å². The van der Waals surface area contributed by atoms with Gasteiger partial charge in [0.2, 0.25) is 0 Å². The average Bonchev–Trinajstić information content (AvgIpc) is 3.92. The van der Waals surface area contributed by atoms with Crippen LogP contribution in [-0.2, 0) is 5.41 Å². The summed E-state index contributed by atoms with van der Waals surface area (Å²) in [5, 5.41) is 0.399. The fraction of sp³-hybridized carbons (Fsp3) is 0.0545. The molecule has 58 heavy (non-hydrogen) atoms. The normalized spacial score (nSPS) is 18.6. The van der Waals surface area contributed by atoms with Gasteiger partial charge in [0.25, 0.3) is 0 Å². The molecule has 4 aliphatic rings. The summed E-state index contributed by atoms with van der Waals surface area (Å²) in [4.78, 5) is 6.30. The maximum absolute atomic E-state index is 2.55. The zero-order valence-electron chi connectivity index (χ0n) is 31.7. The van der Waals surface area contributed by atoms with Gasteiger partial charge in [-0.2, -0.15) is 0 Å². The van der Waals surface area contributed by atoms with E-state index in [1.807, 2.05) is 11.8 Å². The van der Waals surface area contributed by atoms with Gasteiger partial charge in [0.05, 0.1) is 16.8 Å². The van der Waals surface area contributed by atoms with Crippen LogP contribution in [0.1, 0.15) is 33.7 Å². The molecule has 3 atom stereocenters. The maximum Gasteiger partial charge on any atom is 0.0727 e. The second kappa shape index (κ2) is 13.1. The molecule has 1 heterocycles. The lowest BCUT2D eigenvalue weighted by Gasteiger charge is -2.33. The van der Waals surface area contributed by atoms with E-state index in [1.165, 1.54) is 66.3 Å². The van der Waals surface area contributed by atoms with Crippen molar-refractivity contribution in [1.29, 1.82) is 0 Å². The first kappa shape index (κ1) is 33.3. The van der Waals surface area contributed by atoms with Crippen LogP contribution in [0.4, 0.5) is 34.1 Å². The number of hydrogen-bond donors (Lipinski definition) is 0. The number of hydrogen-bond acceptors (Lipinski definition) is 3. The second-order valence-electron chi connectivity index (χ2n) is 15.5. The molecule has 8 aromatic carbocycles. The third kappa shape index (κ3) is 4.74. The highest BCUT2D eigenvalue weighted by Gasteiger charge is 2.53. The third-order valence-corrected chi connectivity index (χ3v) is 13.9. The number of benzene rings is 8. The molecule has 12 rings (SSSR count). The number of anilines is 6. The molecule has 0 saturated carbocycles. The molecule has 1 spiro atoms. The van der Waals surface area contributed by atoms with Gasteiger partial charge in [0.15, 0.2) is 0 Å². The summed E-state index contributed by atoms with van der Waals surface area (Å²) in [6.45, 7) is 0. The van der Waals surface area contributed by atoms with Crippen molar-refractivity contribution in [2.75, 3.05) is 9.80 Å². The zero-order chi connectivity index (χ0) is 38.2. The van der Waals surface area contributed by atoms with Gasteiger partial charge in [-0.15, -0.1) is 11.8 Å². The fourth-order valence-corrected chi connectivity index (χ4v) is 11.7. The Balaban J connectivity index is 1.14. The van der Waals surface area contributed by atoms with Gasteiger partial charge >= 0.3 is 0 Å². The van der Waals surface area contributed by atoms with Gasteiger partial charge in [-0.1, -0.05) is 152 Å². The Hall–Kier alpha value is -6.81. The lowest BCUT2D eigenvalue weighted by molar-refractivity contribution is 0.793. The molecule has 0 radical (unpaired) electrons. The van der Waals surface area contributed by atoms with Crippen molar-refractivity contribution in [2.45, 2.75) is 21.5 Å². The molecule has 0 saturated heterocycles. The minimum atomic E-state index is -0.526. The molecule has 3 unspecified atom stereocenters. The van der Waals surface area contributed by atoms with E-state index < -0.39 is 5.41 Å². The predicted molar refractivity (Wildman–Crippen MR) is 243 cm³/mol. The first-order chi connectivity index (χ1) is 28.8. The standard InChI is InChI=1S/C55H38N2S/c1-4-18-37(19-5-1)56(38-20-6-2-7-21-38)40-34-35-42-41-24-10-13-27-45(41)55(48(42)36-40)46-28-14-11-25-43(46)53-47(55)29-16-30-49(53)57(39-22-8-3-9-23-39)50-31-17-33-52-54(50)44-26-12-15-32-51(44)58-52/h1-36,44,51H. The van der Waals surface area contributed by atoms with Gasteiger partial charge in [0, 0.05) is 44.4 Å². The van der Waals surface area contributed by atoms with E-state index in [0.717, 1.165) is 22.7 Å². The van der Waals surface area contributed by atoms with Crippen LogP contribution in [0, 0.1) is 0 Å². The SMILES string of the molecule is C1=CC2Sc3cccc(N(c4ccccc4)c4cccc5c4-c4ccccc4C54c5ccccc5-c5ccc(N(c6ccccc6)c6ccccc6)cc54)c3C2C=C1. The lowest BCUT2D eigenvalue weighted by atomic mass is 9.70. The van der Waals surface area contributed by atoms with Crippen molar-refractivity contribution in [2.24, 2.45) is 0 Å². The molecule has 0 fully saturated rings. The summed E-state index contributed by atoms with van der Waals surface area (Å²) in [5.41, 5.74) is 18.3. The summed E-state index contributed by atoms with van der Waals surface area (Å²) in [6.07, 6.45) is 9.19. The molecular weight excluding hydrogens is 721 g/mol. The van der Waals surface area contributed by atoms with Crippen LogP contribution >= 0.6 is 11.8 Å². The van der Waals surface area contributed by atoms with Crippen LogP contribution < -0.4 is 9.80 Å². The van der Waals surface area contributed by atoms with Gasteiger partial charge in [-0.3, -0.25) is 0 Å². The molecule has 8 aromatic rings. The largest absolute Gasteiger partial charge is 0.310 e. The van der Waals surface area contributed by atoms with Gasteiger partial charge in [0.1, 0.15) is 0 Å². The van der Waals surface area contributed by atoms with Crippen LogP contribution in [0.3, 0.4) is 0 Å². The van der Waals surface area contributed by atoms with Crippen molar-refractivity contribution >= 4 is 45.9 Å². The van der Waals surface area contributed by atoms with Gasteiger partial charge in [-0.05, 0) is 111 Å². The molecule has 0 amide bonds. The summed E-state index contributed by atoms with van der Waals surface area (Å²) in [7, 11) is 0. The number of fused-ring (bicyclic) bond motifs is 13. The summed E-state index contributed by atoms with van der Waals surface area (Å²) in [5.74, 6) is 0.312. The number of para-hydroxylation sites is 3. The minimum Gasteiger partial charge on any atom is -0.310 e. The lowest BCUT2D eigenvalue weighted by Crippen LogP contribution is -2.26. The summed E-state index contributed by atoms with van der Waals surface area (Å²) < 4.78 is 0. The molecule has 1 aliphatic heterocycles. The van der Waals surface area contributed by atoms with Crippen molar-refractivity contribution in [1.82, 2.24) is 0 Å². The van der Waals surface area contributed by atoms with Crippen molar-refractivity contribution in [3.05, 3.63) is 246 Å².